The predicted octanol–water partition coefficient (Wildman–Crippen LogP) is 0.580. The van der Waals surface area contributed by atoms with Gasteiger partial charge in [-0.1, -0.05) is 11.6 Å². The second-order valence-corrected chi connectivity index (χ2v) is 4.24. The maximum atomic E-state index is 11.7. The number of rotatable bonds is 4. The van der Waals surface area contributed by atoms with E-state index in [0.717, 1.165) is 12.8 Å². The highest BCUT2D eigenvalue weighted by Crippen LogP contribution is 2.24. The van der Waals surface area contributed by atoms with Crippen molar-refractivity contribution in [1.82, 2.24) is 5.32 Å². The van der Waals surface area contributed by atoms with Gasteiger partial charge in [-0.25, -0.2) is 0 Å². The summed E-state index contributed by atoms with van der Waals surface area (Å²) in [5, 5.41) is 20.2. The minimum atomic E-state index is -1.91. The van der Waals surface area contributed by atoms with Gasteiger partial charge in [0.2, 0.25) is 0 Å². The van der Waals surface area contributed by atoms with Crippen LogP contribution in [0, 0.1) is 0 Å². The summed E-state index contributed by atoms with van der Waals surface area (Å²) in [5.74, 6) is -0.0402. The molecule has 0 aliphatic heterocycles. The summed E-state index contributed by atoms with van der Waals surface area (Å²) < 4.78 is 4.62. The molecular formula is C10H11BClNO4. The van der Waals surface area contributed by atoms with Crippen LogP contribution in [0.1, 0.15) is 23.2 Å². The van der Waals surface area contributed by atoms with Gasteiger partial charge in [-0.15, -0.1) is 0 Å². The van der Waals surface area contributed by atoms with Crippen molar-refractivity contribution in [3.8, 4) is 5.75 Å². The summed E-state index contributed by atoms with van der Waals surface area (Å²) in [5.41, 5.74) is 0.346. The van der Waals surface area contributed by atoms with Crippen LogP contribution < -0.4 is 9.97 Å². The molecule has 0 unspecified atom stereocenters. The number of halogens is 1. The minimum absolute atomic E-state index is 0.188. The lowest BCUT2D eigenvalue weighted by Crippen LogP contribution is -2.25. The zero-order chi connectivity index (χ0) is 12.4. The molecule has 5 nitrogen and oxygen atoms in total. The van der Waals surface area contributed by atoms with E-state index in [4.69, 9.17) is 21.6 Å². The maximum Gasteiger partial charge on any atom is 0.707 e. The molecule has 0 bridgehead atoms. The van der Waals surface area contributed by atoms with Crippen molar-refractivity contribution in [1.29, 1.82) is 0 Å². The average Bonchev–Trinajstić information content (AvgIpc) is 3.00. The Morgan fingerprint density at radius 1 is 1.47 bits per heavy atom. The molecule has 0 heterocycles. The summed E-state index contributed by atoms with van der Waals surface area (Å²) >= 11 is 5.91. The highest BCUT2D eigenvalue weighted by molar-refractivity contribution is 6.35. The zero-order valence-corrected chi connectivity index (χ0v) is 9.65. The van der Waals surface area contributed by atoms with Crippen molar-refractivity contribution in [3.63, 3.8) is 0 Å². The maximum absolute atomic E-state index is 11.7. The van der Waals surface area contributed by atoms with Gasteiger partial charge in [0, 0.05) is 6.04 Å². The highest BCUT2D eigenvalue weighted by Gasteiger charge is 2.24. The highest BCUT2D eigenvalue weighted by atomic mass is 35.5. The van der Waals surface area contributed by atoms with Crippen LogP contribution in [0.4, 0.5) is 0 Å². The molecule has 1 aliphatic rings. The largest absolute Gasteiger partial charge is 0.707 e. The topological polar surface area (TPSA) is 78.8 Å². The molecule has 17 heavy (non-hydrogen) atoms. The van der Waals surface area contributed by atoms with E-state index >= 15 is 0 Å². The number of amides is 1. The normalized spacial score (nSPS) is 14.3. The summed E-state index contributed by atoms with van der Waals surface area (Å²) in [6.45, 7) is 0. The minimum Gasteiger partial charge on any atom is -0.512 e. The Morgan fingerprint density at radius 3 is 2.71 bits per heavy atom. The van der Waals surface area contributed by atoms with E-state index in [1.807, 2.05) is 0 Å². The predicted molar refractivity (Wildman–Crippen MR) is 62.8 cm³/mol. The van der Waals surface area contributed by atoms with E-state index in [2.05, 4.69) is 9.97 Å². The molecule has 2 rings (SSSR count). The van der Waals surface area contributed by atoms with Crippen molar-refractivity contribution in [3.05, 3.63) is 28.8 Å². The van der Waals surface area contributed by atoms with Crippen LogP contribution in [-0.2, 0) is 0 Å². The van der Waals surface area contributed by atoms with Crippen LogP contribution in [-0.4, -0.2) is 29.3 Å². The molecule has 90 valence electrons. The molecule has 1 aromatic rings. The van der Waals surface area contributed by atoms with Crippen molar-refractivity contribution in [2.45, 2.75) is 18.9 Å². The molecule has 1 amide bonds. The smallest absolute Gasteiger partial charge is 0.512 e. The van der Waals surface area contributed by atoms with Crippen molar-refractivity contribution in [2.24, 2.45) is 0 Å². The lowest BCUT2D eigenvalue weighted by atomic mass is 10.2. The van der Waals surface area contributed by atoms with Crippen LogP contribution in [0.15, 0.2) is 18.2 Å². The SMILES string of the molecule is O=C(NC1CC1)c1ccc(OB(O)O)cc1Cl. The van der Waals surface area contributed by atoms with Gasteiger partial charge in [0.05, 0.1) is 10.6 Å². The average molecular weight is 255 g/mol. The second kappa shape index (κ2) is 4.95. The molecule has 3 N–H and O–H groups in total. The quantitative estimate of drug-likeness (QED) is 0.688. The molecule has 0 aromatic heterocycles. The Morgan fingerprint density at radius 2 is 2.18 bits per heavy atom. The fourth-order valence-corrected chi connectivity index (χ4v) is 1.62. The number of benzene rings is 1. The van der Waals surface area contributed by atoms with Gasteiger partial charge in [0.15, 0.2) is 0 Å². The van der Waals surface area contributed by atoms with Gasteiger partial charge >= 0.3 is 7.32 Å². The van der Waals surface area contributed by atoms with Crippen LogP contribution in [0.2, 0.25) is 5.02 Å². The number of carbonyl (C=O) groups is 1. The first-order chi connectivity index (χ1) is 8.06. The third-order valence-electron chi connectivity index (χ3n) is 2.34. The summed E-state index contributed by atoms with van der Waals surface area (Å²) in [6.07, 6.45) is 2.00. The second-order valence-electron chi connectivity index (χ2n) is 3.83. The van der Waals surface area contributed by atoms with Crippen molar-refractivity contribution in [2.75, 3.05) is 0 Å². The molecule has 0 spiro atoms. The molecule has 1 saturated carbocycles. The Hall–Kier alpha value is -1.24. The van der Waals surface area contributed by atoms with E-state index in [1.54, 1.807) is 0 Å². The van der Waals surface area contributed by atoms with Gasteiger partial charge in [-0.2, -0.15) is 0 Å². The van der Waals surface area contributed by atoms with Crippen LogP contribution in [0.25, 0.3) is 0 Å². The third kappa shape index (κ3) is 3.36. The van der Waals surface area contributed by atoms with E-state index in [0.29, 0.717) is 5.56 Å². The standard InChI is InChI=1S/C10H11BClNO4/c12-9-5-7(17-11(15)16)3-4-8(9)10(14)13-6-1-2-6/h3-6,15-16H,1-2H2,(H,13,14). The Balaban J connectivity index is 2.09. The zero-order valence-electron chi connectivity index (χ0n) is 8.89. The molecule has 7 heteroatoms. The first-order valence-electron chi connectivity index (χ1n) is 5.19. The fourth-order valence-electron chi connectivity index (χ4n) is 1.37. The van der Waals surface area contributed by atoms with Crippen LogP contribution >= 0.6 is 11.6 Å². The molecule has 1 aromatic carbocycles. The molecule has 1 fully saturated rings. The number of hydrogen-bond acceptors (Lipinski definition) is 4. The summed E-state index contributed by atoms with van der Waals surface area (Å²) in [4.78, 5) is 11.7. The summed E-state index contributed by atoms with van der Waals surface area (Å²) in [6, 6.07) is 4.56. The van der Waals surface area contributed by atoms with Crippen LogP contribution in [0.3, 0.4) is 0 Å². The molecular weight excluding hydrogens is 244 g/mol. The lowest BCUT2D eigenvalue weighted by Gasteiger charge is -2.08. The van der Waals surface area contributed by atoms with Crippen molar-refractivity contribution < 1.29 is 19.5 Å². The van der Waals surface area contributed by atoms with E-state index in [-0.39, 0.29) is 22.7 Å². The van der Waals surface area contributed by atoms with Gasteiger partial charge in [-0.05, 0) is 31.0 Å². The van der Waals surface area contributed by atoms with Gasteiger partial charge in [0.25, 0.3) is 5.91 Å². The number of hydrogen-bond donors (Lipinski definition) is 3. The Kier molecular flexibility index (Phi) is 3.56. The molecule has 0 radical (unpaired) electrons. The van der Waals surface area contributed by atoms with E-state index in [9.17, 15) is 4.79 Å². The van der Waals surface area contributed by atoms with E-state index < -0.39 is 7.32 Å². The molecule has 0 atom stereocenters. The number of nitrogens with one attached hydrogen (secondary N) is 1. The van der Waals surface area contributed by atoms with Gasteiger partial charge in [0.1, 0.15) is 5.75 Å². The molecule has 1 aliphatic carbocycles. The first-order valence-corrected chi connectivity index (χ1v) is 5.57. The Bertz CT molecular complexity index is 436. The van der Waals surface area contributed by atoms with E-state index in [1.165, 1.54) is 18.2 Å². The van der Waals surface area contributed by atoms with Crippen molar-refractivity contribution >= 4 is 24.8 Å². The monoisotopic (exact) mass is 255 g/mol. The lowest BCUT2D eigenvalue weighted by molar-refractivity contribution is 0.0951. The summed E-state index contributed by atoms with van der Waals surface area (Å²) in [7, 11) is -1.91. The first kappa shape index (κ1) is 12.2. The fraction of sp³-hybridized carbons (Fsp3) is 0.300. The van der Waals surface area contributed by atoms with Gasteiger partial charge < -0.3 is 20.0 Å². The number of carbonyl (C=O) groups excluding carboxylic acids is 1. The third-order valence-corrected chi connectivity index (χ3v) is 2.65. The Labute approximate surface area is 104 Å². The van der Waals surface area contributed by atoms with Crippen LogP contribution in [0.5, 0.6) is 5.75 Å². The van der Waals surface area contributed by atoms with Gasteiger partial charge in [-0.3, -0.25) is 4.79 Å². The molecule has 0 saturated heterocycles.